The van der Waals surface area contributed by atoms with Crippen LogP contribution in [-0.4, -0.2) is 12.1 Å². The van der Waals surface area contributed by atoms with E-state index in [0.29, 0.717) is 22.8 Å². The normalized spacial score (nSPS) is 11.5. The maximum Gasteiger partial charge on any atom is 0.416 e. The Morgan fingerprint density at radius 2 is 1.78 bits per heavy atom. The molecule has 0 atom stereocenters. The number of hydrogen-bond acceptors (Lipinski definition) is 3. The predicted octanol–water partition coefficient (Wildman–Crippen LogP) is 5.01. The molecule has 1 aromatic heterocycles. The highest BCUT2D eigenvalue weighted by molar-refractivity contribution is 5.86. The summed E-state index contributed by atoms with van der Waals surface area (Å²) in [4.78, 5) is 4.40. The molecule has 0 aliphatic heterocycles. The summed E-state index contributed by atoms with van der Waals surface area (Å²) in [5, 5.41) is 3.73. The summed E-state index contributed by atoms with van der Waals surface area (Å²) in [7, 11) is 1.57. The van der Waals surface area contributed by atoms with E-state index in [-0.39, 0.29) is 0 Å². The SMILES string of the molecule is COc1cccc2nc(Nc3cccc(C(F)(F)F)c3)ccc12. The van der Waals surface area contributed by atoms with Crippen LogP contribution in [0.4, 0.5) is 24.7 Å². The summed E-state index contributed by atoms with van der Waals surface area (Å²) in [5.74, 6) is 1.16. The van der Waals surface area contributed by atoms with Gasteiger partial charge in [0.2, 0.25) is 0 Å². The van der Waals surface area contributed by atoms with Gasteiger partial charge in [-0.25, -0.2) is 4.98 Å². The van der Waals surface area contributed by atoms with Crippen molar-refractivity contribution >= 4 is 22.4 Å². The number of aromatic nitrogens is 1. The minimum absolute atomic E-state index is 0.328. The van der Waals surface area contributed by atoms with E-state index in [2.05, 4.69) is 10.3 Å². The minimum atomic E-state index is -4.37. The molecule has 0 bridgehead atoms. The van der Waals surface area contributed by atoms with E-state index in [9.17, 15) is 13.2 Å². The number of ether oxygens (including phenoxy) is 1. The maximum atomic E-state index is 12.7. The van der Waals surface area contributed by atoms with Crippen LogP contribution in [0.15, 0.2) is 54.6 Å². The highest BCUT2D eigenvalue weighted by Crippen LogP contribution is 2.32. The third-order valence-corrected chi connectivity index (χ3v) is 3.37. The average Bonchev–Trinajstić information content (AvgIpc) is 2.53. The average molecular weight is 318 g/mol. The zero-order chi connectivity index (χ0) is 16.4. The maximum absolute atomic E-state index is 12.7. The Hall–Kier alpha value is -2.76. The van der Waals surface area contributed by atoms with Gasteiger partial charge in [0.25, 0.3) is 0 Å². The molecule has 0 fully saturated rings. The molecule has 0 saturated carbocycles. The summed E-state index contributed by atoms with van der Waals surface area (Å²) < 4.78 is 43.5. The van der Waals surface area contributed by atoms with Gasteiger partial charge in [-0.3, -0.25) is 0 Å². The van der Waals surface area contributed by atoms with E-state index in [1.165, 1.54) is 6.07 Å². The number of nitrogens with one attached hydrogen (secondary N) is 1. The van der Waals surface area contributed by atoms with E-state index in [0.717, 1.165) is 17.5 Å². The minimum Gasteiger partial charge on any atom is -0.496 e. The molecule has 3 rings (SSSR count). The number of anilines is 2. The summed E-state index contributed by atoms with van der Waals surface area (Å²) >= 11 is 0. The summed E-state index contributed by atoms with van der Waals surface area (Å²) in [6.07, 6.45) is -4.37. The monoisotopic (exact) mass is 318 g/mol. The number of nitrogens with zero attached hydrogens (tertiary/aromatic N) is 1. The molecule has 3 aromatic rings. The van der Waals surface area contributed by atoms with Crippen molar-refractivity contribution in [3.05, 3.63) is 60.2 Å². The van der Waals surface area contributed by atoms with Gasteiger partial charge in [0.1, 0.15) is 11.6 Å². The molecule has 0 aliphatic carbocycles. The summed E-state index contributed by atoms with van der Waals surface area (Å²) in [5.41, 5.74) is 0.320. The molecule has 23 heavy (non-hydrogen) atoms. The van der Waals surface area contributed by atoms with Crippen LogP contribution in [0.2, 0.25) is 0 Å². The first kappa shape index (κ1) is 15.1. The number of pyridine rings is 1. The van der Waals surface area contributed by atoms with Gasteiger partial charge in [-0.1, -0.05) is 12.1 Å². The van der Waals surface area contributed by atoms with Gasteiger partial charge in [-0.15, -0.1) is 0 Å². The van der Waals surface area contributed by atoms with Gasteiger partial charge in [-0.05, 0) is 42.5 Å². The molecule has 1 N–H and O–H groups in total. The van der Waals surface area contributed by atoms with Crippen molar-refractivity contribution in [1.29, 1.82) is 0 Å². The lowest BCUT2D eigenvalue weighted by molar-refractivity contribution is -0.137. The highest BCUT2D eigenvalue weighted by Gasteiger charge is 2.30. The zero-order valence-corrected chi connectivity index (χ0v) is 12.2. The lowest BCUT2D eigenvalue weighted by Gasteiger charge is -2.11. The second kappa shape index (κ2) is 5.79. The number of rotatable bonds is 3. The Labute approximate surface area is 130 Å². The Bertz CT molecular complexity index is 847. The molecule has 0 aliphatic rings. The molecule has 6 heteroatoms. The standard InChI is InChI=1S/C17H13F3N2O/c1-23-15-7-3-6-14-13(15)8-9-16(22-14)21-12-5-2-4-11(10-12)17(18,19)20/h2-10H,1H3,(H,21,22). The third kappa shape index (κ3) is 3.21. The smallest absolute Gasteiger partial charge is 0.416 e. The largest absolute Gasteiger partial charge is 0.496 e. The van der Waals surface area contributed by atoms with Gasteiger partial charge >= 0.3 is 6.18 Å². The fourth-order valence-corrected chi connectivity index (χ4v) is 2.30. The van der Waals surface area contributed by atoms with Crippen molar-refractivity contribution in [1.82, 2.24) is 4.98 Å². The summed E-state index contributed by atoms with van der Waals surface area (Å²) in [6.45, 7) is 0. The first-order chi connectivity index (χ1) is 11.0. The van der Waals surface area contributed by atoms with Crippen molar-refractivity contribution in [2.24, 2.45) is 0 Å². The van der Waals surface area contributed by atoms with Crippen molar-refractivity contribution < 1.29 is 17.9 Å². The fraction of sp³-hybridized carbons (Fsp3) is 0.118. The van der Waals surface area contributed by atoms with Crippen LogP contribution in [0.3, 0.4) is 0 Å². The van der Waals surface area contributed by atoms with Crippen molar-refractivity contribution in [3.8, 4) is 5.75 Å². The van der Waals surface area contributed by atoms with Crippen molar-refractivity contribution in [2.45, 2.75) is 6.18 Å². The van der Waals surface area contributed by atoms with Crippen molar-refractivity contribution in [3.63, 3.8) is 0 Å². The molecule has 0 saturated heterocycles. The molecular formula is C17H13F3N2O. The second-order valence-electron chi connectivity index (χ2n) is 4.93. The molecule has 0 radical (unpaired) electrons. The third-order valence-electron chi connectivity index (χ3n) is 3.37. The number of alkyl halides is 3. The second-order valence-corrected chi connectivity index (χ2v) is 4.93. The molecule has 118 valence electrons. The van der Waals surface area contributed by atoms with Gasteiger partial charge in [0.05, 0.1) is 18.2 Å². The topological polar surface area (TPSA) is 34.1 Å². The predicted molar refractivity (Wildman–Crippen MR) is 83.0 cm³/mol. The molecule has 0 amide bonds. The Kier molecular flexibility index (Phi) is 3.82. The van der Waals surface area contributed by atoms with Crippen LogP contribution in [0.5, 0.6) is 5.75 Å². The van der Waals surface area contributed by atoms with Crippen LogP contribution in [-0.2, 0) is 6.18 Å². The fourth-order valence-electron chi connectivity index (χ4n) is 2.30. The summed E-state index contributed by atoms with van der Waals surface area (Å²) in [6, 6.07) is 14.0. The number of methoxy groups -OCH3 is 1. The van der Waals surface area contributed by atoms with Gasteiger partial charge < -0.3 is 10.1 Å². The van der Waals surface area contributed by atoms with Crippen LogP contribution >= 0.6 is 0 Å². The van der Waals surface area contributed by atoms with Crippen LogP contribution in [0, 0.1) is 0 Å². The van der Waals surface area contributed by atoms with Gasteiger partial charge in [0.15, 0.2) is 0 Å². The van der Waals surface area contributed by atoms with E-state index < -0.39 is 11.7 Å². The number of fused-ring (bicyclic) bond motifs is 1. The Morgan fingerprint density at radius 1 is 1.00 bits per heavy atom. The van der Waals surface area contributed by atoms with E-state index in [1.807, 2.05) is 24.3 Å². The van der Waals surface area contributed by atoms with E-state index in [4.69, 9.17) is 4.74 Å². The van der Waals surface area contributed by atoms with E-state index >= 15 is 0 Å². The first-order valence-corrected chi connectivity index (χ1v) is 6.85. The number of hydrogen-bond donors (Lipinski definition) is 1. The zero-order valence-electron chi connectivity index (χ0n) is 12.2. The van der Waals surface area contributed by atoms with E-state index in [1.54, 1.807) is 19.2 Å². The van der Waals surface area contributed by atoms with Crippen LogP contribution in [0.25, 0.3) is 10.9 Å². The lowest BCUT2D eigenvalue weighted by atomic mass is 10.2. The molecule has 2 aromatic carbocycles. The number of benzene rings is 2. The highest BCUT2D eigenvalue weighted by atomic mass is 19.4. The molecule has 1 heterocycles. The van der Waals surface area contributed by atoms with Gasteiger partial charge in [0, 0.05) is 11.1 Å². The molecule has 3 nitrogen and oxygen atoms in total. The Balaban J connectivity index is 1.93. The Morgan fingerprint density at radius 3 is 2.52 bits per heavy atom. The van der Waals surface area contributed by atoms with Gasteiger partial charge in [-0.2, -0.15) is 13.2 Å². The molecule has 0 spiro atoms. The quantitative estimate of drug-likeness (QED) is 0.737. The van der Waals surface area contributed by atoms with Crippen LogP contribution in [0.1, 0.15) is 5.56 Å². The molecular weight excluding hydrogens is 305 g/mol. The van der Waals surface area contributed by atoms with Crippen molar-refractivity contribution in [2.75, 3.05) is 12.4 Å². The number of halogens is 3. The lowest BCUT2D eigenvalue weighted by Crippen LogP contribution is -2.05. The molecule has 0 unspecified atom stereocenters. The van der Waals surface area contributed by atoms with Crippen LogP contribution < -0.4 is 10.1 Å². The first-order valence-electron chi connectivity index (χ1n) is 6.85.